The predicted molar refractivity (Wildman–Crippen MR) is 131 cm³/mol. The molecule has 2 aromatic carbocycles. The minimum absolute atomic E-state index is 0.0830. The average Bonchev–Trinajstić information content (AvgIpc) is 3.58. The Morgan fingerprint density at radius 3 is 2.82 bits per heavy atom. The number of amidine groups is 1. The third kappa shape index (κ3) is 4.95. The van der Waals surface area contributed by atoms with E-state index in [1.54, 1.807) is 11.0 Å². The van der Waals surface area contributed by atoms with E-state index < -0.39 is 0 Å². The second-order valence-corrected chi connectivity index (χ2v) is 9.18. The zero-order chi connectivity index (χ0) is 23.5. The molecule has 0 radical (unpaired) electrons. The summed E-state index contributed by atoms with van der Waals surface area (Å²) in [5.74, 6) is 1.10. The van der Waals surface area contributed by atoms with Gasteiger partial charge in [0.15, 0.2) is 16.7 Å². The van der Waals surface area contributed by atoms with Gasteiger partial charge in [-0.2, -0.15) is 0 Å². The summed E-state index contributed by atoms with van der Waals surface area (Å²) >= 11 is 1.24. The molecule has 3 aliphatic rings. The molecule has 5 rings (SSSR count). The van der Waals surface area contributed by atoms with Crippen LogP contribution >= 0.6 is 11.8 Å². The third-order valence-electron chi connectivity index (χ3n) is 5.71. The number of amides is 2. The van der Waals surface area contributed by atoms with Crippen LogP contribution in [0.25, 0.3) is 6.08 Å². The zero-order valence-corrected chi connectivity index (χ0v) is 19.6. The molecule has 1 unspecified atom stereocenters. The van der Waals surface area contributed by atoms with Crippen molar-refractivity contribution >= 4 is 40.5 Å². The van der Waals surface area contributed by atoms with E-state index in [4.69, 9.17) is 14.2 Å². The average molecular weight is 480 g/mol. The van der Waals surface area contributed by atoms with E-state index in [9.17, 15) is 9.59 Å². The number of hydrogen-bond acceptors (Lipinski definition) is 7. The number of rotatable bonds is 6. The Kier molecular flexibility index (Phi) is 6.55. The van der Waals surface area contributed by atoms with Gasteiger partial charge in [-0.15, -0.1) is 0 Å². The number of anilines is 1. The summed E-state index contributed by atoms with van der Waals surface area (Å²) in [4.78, 5) is 31.9. The fourth-order valence-electron chi connectivity index (χ4n) is 3.89. The molecule has 1 fully saturated rings. The lowest BCUT2D eigenvalue weighted by Crippen LogP contribution is -2.35. The van der Waals surface area contributed by atoms with Crippen molar-refractivity contribution in [3.05, 3.63) is 59.3 Å². The highest BCUT2D eigenvalue weighted by atomic mass is 32.2. The van der Waals surface area contributed by atoms with Crippen LogP contribution in [-0.4, -0.2) is 48.8 Å². The molecule has 1 saturated heterocycles. The molecule has 0 saturated carbocycles. The van der Waals surface area contributed by atoms with E-state index in [0.717, 1.165) is 30.6 Å². The van der Waals surface area contributed by atoms with Gasteiger partial charge in [0.1, 0.15) is 5.70 Å². The Morgan fingerprint density at radius 1 is 1.21 bits per heavy atom. The van der Waals surface area contributed by atoms with Crippen LogP contribution < -0.4 is 19.7 Å². The van der Waals surface area contributed by atoms with Crippen molar-refractivity contribution in [1.82, 2.24) is 5.32 Å². The van der Waals surface area contributed by atoms with Crippen molar-refractivity contribution in [2.45, 2.75) is 25.9 Å². The van der Waals surface area contributed by atoms with Crippen LogP contribution in [0, 0.1) is 6.92 Å². The first kappa shape index (κ1) is 22.5. The zero-order valence-electron chi connectivity index (χ0n) is 18.8. The topological polar surface area (TPSA) is 89.5 Å². The van der Waals surface area contributed by atoms with E-state index in [0.29, 0.717) is 34.6 Å². The minimum atomic E-state index is -0.246. The Hall–Kier alpha value is -3.30. The van der Waals surface area contributed by atoms with Crippen LogP contribution in [0.2, 0.25) is 0 Å². The number of thioether (sulfide) groups is 1. The maximum atomic E-state index is 13.3. The molecule has 0 aromatic heterocycles. The molecule has 0 bridgehead atoms. The van der Waals surface area contributed by atoms with Gasteiger partial charge in [-0.3, -0.25) is 14.5 Å². The second kappa shape index (κ2) is 9.90. The number of fused-ring (bicyclic) bond motifs is 1. The summed E-state index contributed by atoms with van der Waals surface area (Å²) in [7, 11) is 0. The first-order valence-corrected chi connectivity index (χ1v) is 12.2. The van der Waals surface area contributed by atoms with Gasteiger partial charge in [0.25, 0.3) is 5.91 Å². The molecular formula is C25H25N3O5S. The molecule has 2 amide bonds. The normalized spacial score (nSPS) is 20.2. The van der Waals surface area contributed by atoms with E-state index in [1.165, 1.54) is 11.8 Å². The smallest absolute Gasteiger partial charge is 0.283 e. The molecular weight excluding hydrogens is 454 g/mol. The second-order valence-electron chi connectivity index (χ2n) is 8.24. The largest absolute Gasteiger partial charge is 0.454 e. The Bertz CT molecular complexity index is 1160. The maximum absolute atomic E-state index is 13.3. The van der Waals surface area contributed by atoms with Crippen LogP contribution in [0.1, 0.15) is 24.0 Å². The molecule has 8 nitrogen and oxygen atoms in total. The van der Waals surface area contributed by atoms with E-state index >= 15 is 0 Å². The molecule has 176 valence electrons. The standard InChI is InChI=1S/C25H25N3O5S/c1-16-4-7-18(8-5-16)28-24(30)20(11-17-6-9-21-22(12-17)33-15-32-21)27-25(28)34-14-23(29)26-13-19-3-2-10-31-19/h4-9,11-12,19H,2-3,10,13-15H2,1H3,(H,26,29)/b20-11-. The molecule has 1 atom stereocenters. The molecule has 0 spiro atoms. The van der Waals surface area contributed by atoms with Crippen LogP contribution in [0.4, 0.5) is 5.69 Å². The molecule has 0 aliphatic carbocycles. The minimum Gasteiger partial charge on any atom is -0.454 e. The highest BCUT2D eigenvalue weighted by molar-refractivity contribution is 8.14. The number of nitrogens with zero attached hydrogens (tertiary/aromatic N) is 2. The van der Waals surface area contributed by atoms with Gasteiger partial charge >= 0.3 is 0 Å². The highest BCUT2D eigenvalue weighted by Crippen LogP contribution is 2.34. The lowest BCUT2D eigenvalue weighted by Gasteiger charge is -2.18. The maximum Gasteiger partial charge on any atom is 0.283 e. The lowest BCUT2D eigenvalue weighted by molar-refractivity contribution is -0.119. The molecule has 9 heteroatoms. The monoisotopic (exact) mass is 479 g/mol. The highest BCUT2D eigenvalue weighted by Gasteiger charge is 2.32. The van der Waals surface area contributed by atoms with Crippen LogP contribution in [-0.2, 0) is 14.3 Å². The number of ether oxygens (including phenoxy) is 3. The number of aryl methyl sites for hydroxylation is 1. The van der Waals surface area contributed by atoms with Crippen LogP contribution in [0.3, 0.4) is 0 Å². The number of carbonyl (C=O) groups is 2. The summed E-state index contributed by atoms with van der Waals surface area (Å²) in [6.45, 7) is 3.42. The predicted octanol–water partition coefficient (Wildman–Crippen LogP) is 3.50. The van der Waals surface area contributed by atoms with Crippen molar-refractivity contribution in [2.75, 3.05) is 30.6 Å². The van der Waals surface area contributed by atoms with Crippen molar-refractivity contribution in [3.8, 4) is 11.5 Å². The summed E-state index contributed by atoms with van der Waals surface area (Å²) in [6.07, 6.45) is 3.79. The van der Waals surface area contributed by atoms with Crippen molar-refractivity contribution in [3.63, 3.8) is 0 Å². The Balaban J connectivity index is 1.34. The van der Waals surface area contributed by atoms with E-state index in [1.807, 2.05) is 49.4 Å². The third-order valence-corrected chi connectivity index (χ3v) is 6.64. The van der Waals surface area contributed by atoms with Crippen molar-refractivity contribution < 1.29 is 23.8 Å². The molecule has 1 N–H and O–H groups in total. The molecule has 3 aliphatic heterocycles. The molecule has 3 heterocycles. The van der Waals surface area contributed by atoms with E-state index in [2.05, 4.69) is 10.3 Å². The summed E-state index contributed by atoms with van der Waals surface area (Å²) in [5.41, 5.74) is 2.87. The number of carbonyl (C=O) groups excluding carboxylic acids is 2. The summed E-state index contributed by atoms with van der Waals surface area (Å²) in [6, 6.07) is 13.1. The van der Waals surface area contributed by atoms with Gasteiger partial charge in [-0.05, 0) is 55.7 Å². The summed E-state index contributed by atoms with van der Waals surface area (Å²) in [5, 5.41) is 3.38. The van der Waals surface area contributed by atoms with Crippen molar-refractivity contribution in [1.29, 1.82) is 0 Å². The van der Waals surface area contributed by atoms with Crippen molar-refractivity contribution in [2.24, 2.45) is 4.99 Å². The lowest BCUT2D eigenvalue weighted by atomic mass is 10.1. The SMILES string of the molecule is Cc1ccc(N2C(=O)/C(=C/c3ccc4c(c3)OCO4)N=C2SCC(=O)NCC2CCCO2)cc1. The molecule has 34 heavy (non-hydrogen) atoms. The van der Waals surface area contributed by atoms with E-state index in [-0.39, 0.29) is 30.5 Å². The quantitative estimate of drug-likeness (QED) is 0.638. The van der Waals surface area contributed by atoms with Gasteiger partial charge in [-0.25, -0.2) is 4.99 Å². The molecule has 2 aromatic rings. The fraction of sp³-hybridized carbons (Fsp3) is 0.320. The number of benzene rings is 2. The van der Waals surface area contributed by atoms with Gasteiger partial charge in [0, 0.05) is 13.2 Å². The Labute approximate surface area is 202 Å². The number of nitrogens with one attached hydrogen (secondary N) is 1. The van der Waals surface area contributed by atoms with Gasteiger partial charge in [0.2, 0.25) is 12.7 Å². The number of hydrogen-bond donors (Lipinski definition) is 1. The number of aliphatic imine (C=N–C) groups is 1. The van der Waals surface area contributed by atoms with Gasteiger partial charge in [0.05, 0.1) is 17.5 Å². The van der Waals surface area contributed by atoms with Gasteiger partial charge < -0.3 is 19.5 Å². The summed E-state index contributed by atoms with van der Waals surface area (Å²) < 4.78 is 16.4. The van der Waals surface area contributed by atoms with Gasteiger partial charge in [-0.1, -0.05) is 35.5 Å². The first-order chi connectivity index (χ1) is 16.6. The Morgan fingerprint density at radius 2 is 2.03 bits per heavy atom. The first-order valence-electron chi connectivity index (χ1n) is 11.2. The van der Waals surface area contributed by atoms with Crippen LogP contribution in [0.5, 0.6) is 11.5 Å². The van der Waals surface area contributed by atoms with Crippen LogP contribution in [0.15, 0.2) is 53.2 Å². The fourth-order valence-corrected chi connectivity index (χ4v) is 4.73.